The Labute approximate surface area is 252 Å². The molecule has 7 rings (SSSR count). The first-order valence-corrected chi connectivity index (χ1v) is 15.9. The lowest BCUT2D eigenvalue weighted by atomic mass is 9.60. The van der Waals surface area contributed by atoms with Crippen LogP contribution in [0.2, 0.25) is 0 Å². The predicted molar refractivity (Wildman–Crippen MR) is 154 cm³/mol. The fourth-order valence-corrected chi connectivity index (χ4v) is 7.83. The molecule has 0 spiro atoms. The van der Waals surface area contributed by atoms with Gasteiger partial charge in [0.25, 0.3) is 10.0 Å². The first-order chi connectivity index (χ1) is 21.1. The summed E-state index contributed by atoms with van der Waals surface area (Å²) >= 11 is 0. The van der Waals surface area contributed by atoms with Gasteiger partial charge in [-0.3, -0.25) is 9.78 Å². The van der Waals surface area contributed by atoms with Gasteiger partial charge >= 0.3 is 6.55 Å². The quantitative estimate of drug-likeness (QED) is 0.239. The molecule has 0 saturated heterocycles. The first kappa shape index (κ1) is 28.7. The van der Waals surface area contributed by atoms with Crippen molar-refractivity contribution >= 4 is 21.9 Å². The number of halogens is 3. The van der Waals surface area contributed by atoms with Crippen molar-refractivity contribution in [2.75, 3.05) is 7.05 Å². The Morgan fingerprint density at radius 3 is 2.50 bits per heavy atom. The number of ketones is 1. The number of nitrogens with zero attached hydrogens (tertiary/aromatic N) is 6. The maximum atomic E-state index is 14.5. The molecular weight excluding hydrogens is 593 g/mol. The van der Waals surface area contributed by atoms with Crippen LogP contribution in [0, 0.1) is 11.2 Å². The minimum atomic E-state index is -4.24. The highest BCUT2D eigenvalue weighted by Crippen LogP contribution is 2.51. The van der Waals surface area contributed by atoms with Gasteiger partial charge in [0, 0.05) is 25.5 Å². The summed E-state index contributed by atoms with van der Waals surface area (Å²) in [5.74, 6) is -0.0960. The van der Waals surface area contributed by atoms with E-state index in [1.165, 1.54) is 19.2 Å². The van der Waals surface area contributed by atoms with Gasteiger partial charge in [-0.2, -0.15) is 23.3 Å². The number of fused-ring (bicyclic) bond motifs is 2. The highest BCUT2D eigenvalue weighted by molar-refractivity contribution is 7.89. The molecule has 3 aliphatic rings. The van der Waals surface area contributed by atoms with E-state index in [0.29, 0.717) is 34.8 Å². The Balaban J connectivity index is 1.27. The predicted octanol–water partition coefficient (Wildman–Crippen LogP) is 5.56. The molecule has 2 atom stereocenters. The molecule has 228 valence electrons. The van der Waals surface area contributed by atoms with Crippen LogP contribution >= 0.6 is 0 Å². The number of rotatable bonds is 8. The zero-order valence-electron chi connectivity index (χ0n) is 23.8. The molecule has 0 radical (unpaired) electrons. The van der Waals surface area contributed by atoms with E-state index in [2.05, 4.69) is 15.2 Å². The molecule has 3 heterocycles. The molecule has 44 heavy (non-hydrogen) atoms. The third-order valence-electron chi connectivity index (χ3n) is 9.15. The van der Waals surface area contributed by atoms with Crippen molar-refractivity contribution in [3.05, 3.63) is 95.0 Å². The normalized spacial score (nSPS) is 21.7. The second-order valence-electron chi connectivity index (χ2n) is 11.8. The van der Waals surface area contributed by atoms with Crippen molar-refractivity contribution in [3.63, 3.8) is 0 Å². The van der Waals surface area contributed by atoms with Crippen LogP contribution in [-0.2, 0) is 16.4 Å². The second-order valence-corrected chi connectivity index (χ2v) is 13.7. The zero-order chi connectivity index (χ0) is 30.8. The van der Waals surface area contributed by atoms with Crippen molar-refractivity contribution in [1.82, 2.24) is 28.9 Å². The van der Waals surface area contributed by atoms with Gasteiger partial charge < -0.3 is 0 Å². The van der Waals surface area contributed by atoms with E-state index < -0.39 is 33.1 Å². The average Bonchev–Trinajstić information content (AvgIpc) is 3.60. The molecule has 2 saturated carbocycles. The van der Waals surface area contributed by atoms with Crippen LogP contribution in [0.1, 0.15) is 71.9 Å². The van der Waals surface area contributed by atoms with Gasteiger partial charge in [-0.05, 0) is 98.0 Å². The highest BCUT2D eigenvalue weighted by Gasteiger charge is 2.51. The molecule has 1 aromatic carbocycles. The molecule has 0 amide bonds. The number of carbonyl (C=O) groups excluding carboxylic acids is 1. The van der Waals surface area contributed by atoms with E-state index in [-0.39, 0.29) is 24.4 Å². The summed E-state index contributed by atoms with van der Waals surface area (Å²) in [7, 11) is -2.84. The molecule has 3 aromatic heterocycles. The van der Waals surface area contributed by atoms with Gasteiger partial charge in [-0.15, -0.1) is 0 Å². The third kappa shape index (κ3) is 4.78. The third-order valence-corrected chi connectivity index (χ3v) is 11.0. The fourth-order valence-electron chi connectivity index (χ4n) is 6.54. The van der Waals surface area contributed by atoms with Gasteiger partial charge in [-0.25, -0.2) is 22.2 Å². The molecule has 0 unspecified atom stereocenters. The topological polar surface area (TPSA) is 103 Å². The molecule has 0 bridgehead atoms. The molecule has 2 fully saturated rings. The maximum absolute atomic E-state index is 14.5. The molecule has 0 aliphatic heterocycles. The lowest BCUT2D eigenvalue weighted by Crippen LogP contribution is -2.49. The summed E-state index contributed by atoms with van der Waals surface area (Å²) in [5.41, 5.74) is 3.38. The smallest absolute Gasteiger partial charge is 0.291 e. The molecule has 9 nitrogen and oxygen atoms in total. The number of allylic oxidation sites excluding steroid dienone is 1. The Morgan fingerprint density at radius 1 is 1.07 bits per heavy atom. The van der Waals surface area contributed by atoms with Crippen molar-refractivity contribution < 1.29 is 26.4 Å². The molecular formula is C31H29F3N6O3S. The van der Waals surface area contributed by atoms with E-state index in [0.717, 1.165) is 51.8 Å². The maximum Gasteiger partial charge on any atom is 0.333 e. The SMILES string of the molecule is CN([C@H]1CCC2=Cc3c(cnn3-c3ccc(F)cc3)C[C@]2(C(=O)c2ccc(C3CC3)cn2)C1)S(=O)(=O)c1ccn(C(F)F)n1. The molecule has 0 N–H and O–H groups in total. The number of sulfonamides is 1. The Bertz CT molecular complexity index is 1880. The van der Waals surface area contributed by atoms with Crippen molar-refractivity contribution in [3.8, 4) is 5.69 Å². The Hall–Kier alpha value is -4.10. The minimum Gasteiger partial charge on any atom is -0.291 e. The fraction of sp³-hybridized carbons (Fsp3) is 0.355. The van der Waals surface area contributed by atoms with Crippen molar-refractivity contribution in [2.24, 2.45) is 5.41 Å². The molecule has 3 aliphatic carbocycles. The summed E-state index contributed by atoms with van der Waals surface area (Å²) in [6, 6.07) is 10.1. The summed E-state index contributed by atoms with van der Waals surface area (Å²) in [6.45, 7) is -2.97. The highest BCUT2D eigenvalue weighted by atomic mass is 32.2. The number of carbonyl (C=O) groups is 1. The summed E-state index contributed by atoms with van der Waals surface area (Å²) in [4.78, 5) is 19.1. The summed E-state index contributed by atoms with van der Waals surface area (Å²) in [5, 5.41) is 7.66. The van der Waals surface area contributed by atoms with Crippen molar-refractivity contribution in [2.45, 2.75) is 62.1 Å². The average molecular weight is 623 g/mol. The van der Waals surface area contributed by atoms with E-state index in [1.807, 2.05) is 12.1 Å². The van der Waals surface area contributed by atoms with Crippen LogP contribution in [-0.4, -0.2) is 56.1 Å². The van der Waals surface area contributed by atoms with E-state index in [4.69, 9.17) is 0 Å². The zero-order valence-corrected chi connectivity index (χ0v) is 24.6. The van der Waals surface area contributed by atoms with Crippen molar-refractivity contribution in [1.29, 1.82) is 0 Å². The van der Waals surface area contributed by atoms with Crippen LogP contribution in [0.5, 0.6) is 0 Å². The van der Waals surface area contributed by atoms with Crippen LogP contribution in [0.3, 0.4) is 0 Å². The minimum absolute atomic E-state index is 0.163. The van der Waals surface area contributed by atoms with E-state index in [9.17, 15) is 26.4 Å². The standard InChI is InChI=1S/C31H29F3N6O3S/c1-38(44(42,43)28-12-13-39(37-28)30(33)34)25-8-5-22-14-27-21(18-36-40(27)24-9-6-23(32)7-10-24)15-31(22,16-25)29(41)26-11-4-20(17-35-26)19-2-3-19/h4,6-7,9-14,17-19,25,30H,2-3,5,8,15-16H2,1H3/t25-,31-/m0/s1. The van der Waals surface area contributed by atoms with E-state index in [1.54, 1.807) is 35.3 Å². The van der Waals surface area contributed by atoms with Crippen LogP contribution in [0.25, 0.3) is 11.8 Å². The largest absolute Gasteiger partial charge is 0.333 e. The van der Waals surface area contributed by atoms with Crippen LogP contribution in [0.4, 0.5) is 13.2 Å². The number of hydrogen-bond donors (Lipinski definition) is 0. The number of hydrogen-bond acceptors (Lipinski definition) is 6. The summed E-state index contributed by atoms with van der Waals surface area (Å²) < 4.78 is 70.1. The van der Waals surface area contributed by atoms with Gasteiger partial charge in [0.1, 0.15) is 11.5 Å². The van der Waals surface area contributed by atoms with Crippen LogP contribution in [0.15, 0.2) is 71.7 Å². The van der Waals surface area contributed by atoms with Gasteiger partial charge in [0.15, 0.2) is 10.8 Å². The lowest BCUT2D eigenvalue weighted by molar-refractivity contribution is 0.0552. The Kier molecular flexibility index (Phi) is 6.85. The lowest BCUT2D eigenvalue weighted by Gasteiger charge is -2.45. The number of benzene rings is 1. The van der Waals surface area contributed by atoms with Gasteiger partial charge in [0.05, 0.1) is 23.0 Å². The number of pyridine rings is 1. The van der Waals surface area contributed by atoms with E-state index >= 15 is 0 Å². The monoisotopic (exact) mass is 622 g/mol. The second kappa shape index (κ2) is 10.5. The van der Waals surface area contributed by atoms with Gasteiger partial charge in [0.2, 0.25) is 0 Å². The van der Waals surface area contributed by atoms with Crippen LogP contribution < -0.4 is 0 Å². The summed E-state index contributed by atoms with van der Waals surface area (Å²) in [6.07, 6.45) is 9.76. The molecule has 13 heteroatoms. The molecule has 4 aromatic rings. The van der Waals surface area contributed by atoms with Gasteiger partial charge in [-0.1, -0.05) is 11.6 Å². The number of Topliss-reactive ketones (excluding diaryl/α,β-unsaturated/α-hetero) is 1. The number of alkyl halides is 2. The Morgan fingerprint density at radius 2 is 1.84 bits per heavy atom. The number of aromatic nitrogens is 5. The first-order valence-electron chi connectivity index (χ1n) is 14.4.